The summed E-state index contributed by atoms with van der Waals surface area (Å²) in [6.07, 6.45) is 3.44. The first-order chi connectivity index (χ1) is 15.0. The van der Waals surface area contributed by atoms with Crippen LogP contribution < -0.4 is 14.6 Å². The molecule has 2 N–H and O–H groups in total. The van der Waals surface area contributed by atoms with E-state index in [1.165, 1.54) is 25.0 Å². The maximum atomic E-state index is 12.4. The number of nitro groups is 1. The van der Waals surface area contributed by atoms with E-state index in [0.717, 1.165) is 11.6 Å². The van der Waals surface area contributed by atoms with E-state index in [1.807, 2.05) is 13.8 Å². The lowest BCUT2D eigenvalue weighted by atomic mass is 10.0. The Balaban J connectivity index is 2.30. The van der Waals surface area contributed by atoms with E-state index in [1.54, 1.807) is 30.6 Å². The molecule has 0 amide bonds. The Bertz CT molecular complexity index is 1270. The molecule has 0 saturated heterocycles. The van der Waals surface area contributed by atoms with Crippen LogP contribution in [0.1, 0.15) is 36.5 Å². The Morgan fingerprint density at radius 3 is 2.41 bits per heavy atom. The van der Waals surface area contributed by atoms with Gasteiger partial charge in [-0.15, -0.1) is 0 Å². The minimum atomic E-state index is -4.31. The minimum Gasteiger partial charge on any atom is -0.497 e. The quantitative estimate of drug-likeness (QED) is 0.402. The number of primary sulfonamides is 1. The largest absolute Gasteiger partial charge is 0.497 e. The number of nitrogens with two attached hydrogens (primary N) is 1. The van der Waals surface area contributed by atoms with Crippen LogP contribution in [0.3, 0.4) is 0 Å². The fourth-order valence-corrected chi connectivity index (χ4v) is 4.11. The number of hydrogen-bond acceptors (Lipinski definition) is 7. The van der Waals surface area contributed by atoms with E-state index in [9.17, 15) is 18.5 Å². The maximum absolute atomic E-state index is 12.4. The summed E-state index contributed by atoms with van der Waals surface area (Å²) in [6.45, 7) is 3.95. The highest BCUT2D eigenvalue weighted by Crippen LogP contribution is 2.34. The third kappa shape index (κ3) is 4.73. The molecule has 1 heterocycles. The highest BCUT2D eigenvalue weighted by atomic mass is 32.2. The van der Waals surface area contributed by atoms with Gasteiger partial charge in [-0.2, -0.15) is 5.10 Å². The first kappa shape index (κ1) is 23.2. The zero-order valence-electron chi connectivity index (χ0n) is 18.1. The van der Waals surface area contributed by atoms with Crippen molar-refractivity contribution in [3.63, 3.8) is 0 Å². The average Bonchev–Trinajstić information content (AvgIpc) is 3.23. The normalized spacial score (nSPS) is 11.6. The van der Waals surface area contributed by atoms with Crippen LogP contribution >= 0.6 is 0 Å². The molecular weight excluding hydrogens is 436 g/mol. The Hall–Kier alpha value is -3.44. The molecule has 0 saturated carbocycles. The van der Waals surface area contributed by atoms with Gasteiger partial charge in [0, 0.05) is 30.8 Å². The number of nitrogens with zero attached hydrogens (tertiary/aromatic N) is 3. The van der Waals surface area contributed by atoms with Gasteiger partial charge in [0.15, 0.2) is 0 Å². The lowest BCUT2D eigenvalue weighted by Crippen LogP contribution is -2.18. The maximum Gasteiger partial charge on any atom is 0.271 e. The van der Waals surface area contributed by atoms with Crippen LogP contribution in [0.2, 0.25) is 0 Å². The fraction of sp³-hybridized carbons (Fsp3) is 0.286. The van der Waals surface area contributed by atoms with E-state index < -0.39 is 20.6 Å². The molecule has 10 nitrogen and oxygen atoms in total. The molecule has 1 aromatic heterocycles. The van der Waals surface area contributed by atoms with Gasteiger partial charge in [0.2, 0.25) is 10.0 Å². The van der Waals surface area contributed by atoms with Gasteiger partial charge < -0.3 is 9.47 Å². The molecule has 0 fully saturated rings. The third-order valence-corrected chi connectivity index (χ3v) is 5.95. The van der Waals surface area contributed by atoms with Crippen molar-refractivity contribution in [1.29, 1.82) is 0 Å². The van der Waals surface area contributed by atoms with Gasteiger partial charge in [-0.1, -0.05) is 19.9 Å². The average molecular weight is 461 g/mol. The number of sulfonamides is 1. The molecule has 0 bridgehead atoms. The summed E-state index contributed by atoms with van der Waals surface area (Å²) in [5.41, 5.74) is 1.66. The SMILES string of the molecule is COc1ccc(Cc2cc([N+](=O)[O-])cc(S(N)(=O)=O)c2-n2cc(C(C)C)cn2)c(OC)c1. The molecular formula is C21H24N4O6S. The van der Waals surface area contributed by atoms with Crippen LogP contribution in [-0.2, 0) is 16.4 Å². The molecule has 11 heteroatoms. The first-order valence-corrected chi connectivity index (χ1v) is 11.2. The smallest absolute Gasteiger partial charge is 0.271 e. The van der Waals surface area contributed by atoms with E-state index in [0.29, 0.717) is 22.6 Å². The molecule has 0 aliphatic carbocycles. The number of rotatable bonds is 8. The summed E-state index contributed by atoms with van der Waals surface area (Å²) in [5, 5.41) is 21.3. The van der Waals surface area contributed by atoms with Gasteiger partial charge in [-0.25, -0.2) is 18.2 Å². The second-order valence-corrected chi connectivity index (χ2v) is 9.01. The summed E-state index contributed by atoms with van der Waals surface area (Å²) in [5.74, 6) is 1.20. The van der Waals surface area contributed by atoms with Crippen molar-refractivity contribution in [3.8, 4) is 17.2 Å². The van der Waals surface area contributed by atoms with Gasteiger partial charge in [-0.05, 0) is 28.7 Å². The van der Waals surface area contributed by atoms with E-state index in [4.69, 9.17) is 14.6 Å². The zero-order valence-corrected chi connectivity index (χ0v) is 18.9. The molecule has 2 aromatic carbocycles. The first-order valence-electron chi connectivity index (χ1n) is 9.65. The number of hydrogen-bond donors (Lipinski definition) is 1. The molecule has 0 unspecified atom stereocenters. The van der Waals surface area contributed by atoms with Crippen molar-refractivity contribution >= 4 is 15.7 Å². The van der Waals surface area contributed by atoms with E-state index in [2.05, 4.69) is 5.10 Å². The Morgan fingerprint density at radius 1 is 1.16 bits per heavy atom. The highest BCUT2D eigenvalue weighted by Gasteiger charge is 2.26. The Morgan fingerprint density at radius 2 is 1.88 bits per heavy atom. The lowest BCUT2D eigenvalue weighted by molar-refractivity contribution is -0.385. The topological polar surface area (TPSA) is 140 Å². The van der Waals surface area contributed by atoms with E-state index in [-0.39, 0.29) is 22.9 Å². The molecule has 3 rings (SSSR count). The number of non-ortho nitro benzene ring substituents is 1. The molecule has 0 atom stereocenters. The number of aromatic nitrogens is 2. The molecule has 0 aliphatic rings. The van der Waals surface area contributed by atoms with Gasteiger partial charge in [0.1, 0.15) is 16.4 Å². The molecule has 3 aromatic rings. The molecule has 32 heavy (non-hydrogen) atoms. The molecule has 0 spiro atoms. The Kier molecular flexibility index (Phi) is 6.51. The van der Waals surface area contributed by atoms with Crippen LogP contribution in [0.5, 0.6) is 11.5 Å². The van der Waals surface area contributed by atoms with Crippen LogP contribution in [0.25, 0.3) is 5.69 Å². The van der Waals surface area contributed by atoms with Gasteiger partial charge >= 0.3 is 0 Å². The monoisotopic (exact) mass is 460 g/mol. The van der Waals surface area contributed by atoms with Crippen molar-refractivity contribution in [3.05, 3.63) is 69.5 Å². The standard InChI is InChI=1S/C21H24N4O6S/c1-13(2)16-11-23-24(12-16)21-15(7-14-5-6-18(30-3)10-19(14)31-4)8-17(25(26)27)9-20(21)32(22,28)29/h5-6,8-13H,7H2,1-4H3,(H2,22,28,29). The van der Waals surface area contributed by atoms with Crippen molar-refractivity contribution < 1.29 is 22.8 Å². The Labute approximate surface area is 185 Å². The summed E-state index contributed by atoms with van der Waals surface area (Å²) >= 11 is 0. The van der Waals surface area contributed by atoms with Crippen molar-refractivity contribution in [1.82, 2.24) is 9.78 Å². The van der Waals surface area contributed by atoms with Gasteiger partial charge in [-0.3, -0.25) is 10.1 Å². The second kappa shape index (κ2) is 8.97. The van der Waals surface area contributed by atoms with Crippen molar-refractivity contribution in [2.75, 3.05) is 14.2 Å². The van der Waals surface area contributed by atoms with E-state index >= 15 is 0 Å². The number of methoxy groups -OCH3 is 2. The zero-order chi connectivity index (χ0) is 23.6. The van der Waals surface area contributed by atoms with Gasteiger partial charge in [0.25, 0.3) is 5.69 Å². The predicted octanol–water partition coefficient (Wildman–Crippen LogP) is 3.16. The second-order valence-electron chi connectivity index (χ2n) is 7.48. The van der Waals surface area contributed by atoms with Crippen LogP contribution in [-0.4, -0.2) is 37.3 Å². The van der Waals surface area contributed by atoms with Crippen LogP contribution in [0, 0.1) is 10.1 Å². The summed E-state index contributed by atoms with van der Waals surface area (Å²) in [4.78, 5) is 10.5. The molecule has 0 radical (unpaired) electrons. The number of benzene rings is 2. The fourth-order valence-electron chi connectivity index (χ4n) is 3.33. The number of nitro benzene ring substituents is 1. The molecule has 170 valence electrons. The molecule has 0 aliphatic heterocycles. The van der Waals surface area contributed by atoms with Crippen molar-refractivity contribution in [2.24, 2.45) is 5.14 Å². The van der Waals surface area contributed by atoms with Crippen LogP contribution in [0.4, 0.5) is 5.69 Å². The summed E-state index contributed by atoms with van der Waals surface area (Å²) in [7, 11) is -1.29. The van der Waals surface area contributed by atoms with Crippen molar-refractivity contribution in [2.45, 2.75) is 31.1 Å². The summed E-state index contributed by atoms with van der Waals surface area (Å²) < 4.78 is 36.9. The lowest BCUT2D eigenvalue weighted by Gasteiger charge is -2.16. The number of ether oxygens (including phenoxy) is 2. The highest BCUT2D eigenvalue weighted by molar-refractivity contribution is 7.89. The van der Waals surface area contributed by atoms with Crippen LogP contribution in [0.15, 0.2) is 47.6 Å². The minimum absolute atomic E-state index is 0.129. The third-order valence-electron chi connectivity index (χ3n) is 5.03. The predicted molar refractivity (Wildman–Crippen MR) is 118 cm³/mol. The van der Waals surface area contributed by atoms with Gasteiger partial charge in [0.05, 0.1) is 31.0 Å². The summed E-state index contributed by atoms with van der Waals surface area (Å²) in [6, 6.07) is 7.43.